The second-order valence-corrected chi connectivity index (χ2v) is 6.80. The van der Waals surface area contributed by atoms with Gasteiger partial charge in [0.15, 0.2) is 0 Å². The lowest BCUT2D eigenvalue weighted by molar-refractivity contribution is -0.137. The van der Waals surface area contributed by atoms with E-state index in [2.05, 4.69) is 10.6 Å². The van der Waals surface area contributed by atoms with Crippen molar-refractivity contribution < 1.29 is 19.5 Å². The molecule has 0 spiro atoms. The van der Waals surface area contributed by atoms with Gasteiger partial charge in [-0.15, -0.1) is 11.8 Å². The van der Waals surface area contributed by atoms with E-state index in [1.54, 1.807) is 13.8 Å². The van der Waals surface area contributed by atoms with Crippen LogP contribution in [0.25, 0.3) is 0 Å². The van der Waals surface area contributed by atoms with Crippen molar-refractivity contribution in [1.29, 1.82) is 0 Å². The summed E-state index contributed by atoms with van der Waals surface area (Å²) in [4.78, 5) is 34.3. The van der Waals surface area contributed by atoms with Gasteiger partial charge in [-0.2, -0.15) is 0 Å². The van der Waals surface area contributed by atoms with E-state index >= 15 is 0 Å². The quantitative estimate of drug-likeness (QED) is 0.696. The van der Waals surface area contributed by atoms with Crippen LogP contribution in [0, 0.1) is 5.92 Å². The molecule has 1 atom stereocenters. The summed E-state index contributed by atoms with van der Waals surface area (Å²) in [6.45, 7) is 3.58. The highest BCUT2D eigenvalue weighted by molar-refractivity contribution is 8.01. The maximum absolute atomic E-state index is 11.7. The molecule has 0 aromatic rings. The van der Waals surface area contributed by atoms with Crippen LogP contribution in [-0.2, 0) is 9.59 Å². The van der Waals surface area contributed by atoms with Crippen molar-refractivity contribution in [3.63, 3.8) is 0 Å². The van der Waals surface area contributed by atoms with Crippen LogP contribution < -0.4 is 10.6 Å². The van der Waals surface area contributed by atoms with Crippen molar-refractivity contribution in [3.05, 3.63) is 0 Å². The predicted molar refractivity (Wildman–Crippen MR) is 82.3 cm³/mol. The molecule has 1 fully saturated rings. The lowest BCUT2D eigenvalue weighted by Gasteiger charge is -2.22. The minimum Gasteiger partial charge on any atom is -0.480 e. The van der Waals surface area contributed by atoms with Gasteiger partial charge in [0.1, 0.15) is 5.25 Å². The van der Waals surface area contributed by atoms with E-state index in [4.69, 9.17) is 5.11 Å². The summed E-state index contributed by atoms with van der Waals surface area (Å²) in [5.41, 5.74) is 0. The molecule has 0 aliphatic heterocycles. The minimum atomic E-state index is -0.936. The fourth-order valence-electron chi connectivity index (χ4n) is 2.35. The standard InChI is InChI=1S/C14H24N2O4S/c1-9(2)12(13(18)19)21-8-11(17)16-14(20)15-10-6-4-3-5-7-10/h9-10,12H,3-8H2,1-2H3,(H,18,19)(H2,15,16,17,20). The van der Waals surface area contributed by atoms with Crippen molar-refractivity contribution in [2.45, 2.75) is 57.2 Å². The van der Waals surface area contributed by atoms with Crippen LogP contribution in [0.3, 0.4) is 0 Å². The third-order valence-corrected chi connectivity index (χ3v) is 4.97. The Kier molecular flexibility index (Phi) is 7.56. The van der Waals surface area contributed by atoms with Gasteiger partial charge in [-0.1, -0.05) is 33.1 Å². The summed E-state index contributed by atoms with van der Waals surface area (Å²) in [6, 6.07) is -0.342. The van der Waals surface area contributed by atoms with Gasteiger partial charge in [-0.05, 0) is 18.8 Å². The highest BCUT2D eigenvalue weighted by Crippen LogP contribution is 2.19. The minimum absolute atomic E-state index is 0.0345. The van der Waals surface area contributed by atoms with Crippen LogP contribution in [-0.4, -0.2) is 40.1 Å². The van der Waals surface area contributed by atoms with Gasteiger partial charge >= 0.3 is 12.0 Å². The first kappa shape index (κ1) is 17.8. The Hall–Kier alpha value is -1.24. The van der Waals surface area contributed by atoms with Crippen LogP contribution in [0.1, 0.15) is 46.0 Å². The second kappa shape index (κ2) is 8.92. The Morgan fingerprint density at radius 2 is 1.81 bits per heavy atom. The van der Waals surface area contributed by atoms with Gasteiger partial charge in [0.2, 0.25) is 5.91 Å². The van der Waals surface area contributed by atoms with Gasteiger partial charge in [-0.3, -0.25) is 14.9 Å². The van der Waals surface area contributed by atoms with Crippen LogP contribution in [0.4, 0.5) is 4.79 Å². The summed E-state index contributed by atoms with van der Waals surface area (Å²) in [6.07, 6.45) is 5.30. The molecule has 0 saturated heterocycles. The van der Waals surface area contributed by atoms with E-state index in [0.29, 0.717) is 0 Å². The third-order valence-electron chi connectivity index (χ3n) is 3.44. The largest absolute Gasteiger partial charge is 0.480 e. The molecule has 120 valence electrons. The highest BCUT2D eigenvalue weighted by atomic mass is 32.2. The first-order valence-corrected chi connectivity index (χ1v) is 8.39. The number of carbonyl (C=O) groups excluding carboxylic acids is 2. The summed E-state index contributed by atoms with van der Waals surface area (Å²) in [5, 5.41) is 13.4. The molecule has 1 aliphatic carbocycles. The zero-order valence-corrected chi connectivity index (χ0v) is 13.4. The summed E-state index contributed by atoms with van der Waals surface area (Å²) >= 11 is 1.04. The molecule has 3 N–H and O–H groups in total. The van der Waals surface area contributed by atoms with Gasteiger partial charge in [0.05, 0.1) is 5.75 Å². The van der Waals surface area contributed by atoms with Crippen LogP contribution in [0.15, 0.2) is 0 Å². The number of hydrogen-bond acceptors (Lipinski definition) is 4. The summed E-state index contributed by atoms with van der Waals surface area (Å²) in [7, 11) is 0. The Morgan fingerprint density at radius 1 is 1.19 bits per heavy atom. The van der Waals surface area contributed by atoms with E-state index in [0.717, 1.165) is 37.4 Å². The van der Waals surface area contributed by atoms with Gasteiger partial charge in [0.25, 0.3) is 0 Å². The van der Waals surface area contributed by atoms with Gasteiger partial charge in [-0.25, -0.2) is 4.79 Å². The average molecular weight is 316 g/mol. The van der Waals surface area contributed by atoms with Crippen molar-refractivity contribution in [2.24, 2.45) is 5.92 Å². The van der Waals surface area contributed by atoms with Crippen molar-refractivity contribution in [2.75, 3.05) is 5.75 Å². The molecule has 1 aliphatic rings. The summed E-state index contributed by atoms with van der Waals surface area (Å²) < 4.78 is 0. The monoisotopic (exact) mass is 316 g/mol. The summed E-state index contributed by atoms with van der Waals surface area (Å²) in [5.74, 6) is -1.50. The molecule has 7 heteroatoms. The molecule has 0 bridgehead atoms. The number of carbonyl (C=O) groups is 3. The number of nitrogens with one attached hydrogen (secondary N) is 2. The number of amides is 3. The van der Waals surface area contributed by atoms with E-state index in [-0.39, 0.29) is 17.7 Å². The van der Waals surface area contributed by atoms with Crippen LogP contribution in [0.5, 0.6) is 0 Å². The topological polar surface area (TPSA) is 95.5 Å². The van der Waals surface area contributed by atoms with E-state index in [1.165, 1.54) is 6.42 Å². The molecular formula is C14H24N2O4S. The normalized spacial score (nSPS) is 17.3. The average Bonchev–Trinajstić information content (AvgIpc) is 2.38. The smallest absolute Gasteiger partial charge is 0.321 e. The number of thioether (sulfide) groups is 1. The lowest BCUT2D eigenvalue weighted by atomic mass is 9.96. The van der Waals surface area contributed by atoms with Crippen molar-refractivity contribution in [1.82, 2.24) is 10.6 Å². The Labute approximate surface area is 129 Å². The zero-order chi connectivity index (χ0) is 15.8. The predicted octanol–water partition coefficient (Wildman–Crippen LogP) is 1.99. The number of carboxylic acids is 1. The molecule has 6 nitrogen and oxygen atoms in total. The van der Waals surface area contributed by atoms with Crippen LogP contribution >= 0.6 is 11.8 Å². The molecule has 0 aromatic heterocycles. The number of hydrogen-bond donors (Lipinski definition) is 3. The van der Waals surface area contributed by atoms with E-state index < -0.39 is 23.2 Å². The first-order valence-electron chi connectivity index (χ1n) is 7.35. The number of rotatable bonds is 6. The molecule has 3 amide bonds. The second-order valence-electron chi connectivity index (χ2n) is 5.67. The van der Waals surface area contributed by atoms with E-state index in [9.17, 15) is 14.4 Å². The fraction of sp³-hybridized carbons (Fsp3) is 0.786. The molecule has 1 unspecified atom stereocenters. The molecule has 0 heterocycles. The molecule has 1 saturated carbocycles. The third kappa shape index (κ3) is 6.84. The van der Waals surface area contributed by atoms with Gasteiger partial charge < -0.3 is 10.4 Å². The Bertz CT molecular complexity index is 381. The molecule has 0 aromatic carbocycles. The van der Waals surface area contributed by atoms with Crippen molar-refractivity contribution in [3.8, 4) is 0 Å². The molecule has 1 rings (SSSR count). The van der Waals surface area contributed by atoms with Gasteiger partial charge in [0, 0.05) is 6.04 Å². The highest BCUT2D eigenvalue weighted by Gasteiger charge is 2.23. The zero-order valence-electron chi connectivity index (χ0n) is 12.6. The fourth-order valence-corrected chi connectivity index (χ4v) is 3.28. The number of aliphatic carboxylic acids is 1. The van der Waals surface area contributed by atoms with Crippen LogP contribution in [0.2, 0.25) is 0 Å². The maximum atomic E-state index is 11.7. The Balaban J connectivity index is 2.28. The number of urea groups is 1. The molecular weight excluding hydrogens is 292 g/mol. The Morgan fingerprint density at radius 3 is 2.33 bits per heavy atom. The number of carboxylic acid groups (broad SMARTS) is 1. The van der Waals surface area contributed by atoms with Crippen molar-refractivity contribution >= 4 is 29.7 Å². The first-order chi connectivity index (χ1) is 9.90. The lowest BCUT2D eigenvalue weighted by Crippen LogP contribution is -2.45. The maximum Gasteiger partial charge on any atom is 0.321 e. The molecule has 0 radical (unpaired) electrons. The van der Waals surface area contributed by atoms with E-state index in [1.807, 2.05) is 0 Å². The number of imide groups is 1. The molecule has 21 heavy (non-hydrogen) atoms. The SMILES string of the molecule is CC(C)C(SCC(=O)NC(=O)NC1CCCCC1)C(=O)O.